The number of nitrogens with one attached hydrogen (secondary N) is 1. The highest BCUT2D eigenvalue weighted by Crippen LogP contribution is 2.10. The molecule has 1 aromatic rings. The molecule has 5 heteroatoms. The monoisotopic (exact) mass is 222 g/mol. The predicted molar refractivity (Wildman–Crippen MR) is 60.4 cm³/mol. The van der Waals surface area contributed by atoms with Crippen molar-refractivity contribution in [2.24, 2.45) is 0 Å². The first-order chi connectivity index (χ1) is 7.61. The van der Waals surface area contributed by atoms with Gasteiger partial charge in [-0.1, -0.05) is 6.92 Å². The zero-order chi connectivity index (χ0) is 12.1. The van der Waals surface area contributed by atoms with Gasteiger partial charge in [0.25, 0.3) is 5.56 Å². The summed E-state index contributed by atoms with van der Waals surface area (Å²) >= 11 is 0. The van der Waals surface area contributed by atoms with E-state index in [0.29, 0.717) is 25.8 Å². The van der Waals surface area contributed by atoms with Crippen LogP contribution in [-0.4, -0.2) is 14.7 Å². The summed E-state index contributed by atoms with van der Waals surface area (Å²) in [4.78, 5) is 24.9. The molecule has 0 spiro atoms. The molecule has 86 valence electrons. The maximum atomic E-state index is 11.4. The number of terminal acetylenes is 1. The Labute approximate surface area is 92.8 Å². The Bertz CT molecular complexity index is 520. The van der Waals surface area contributed by atoms with E-state index < -0.39 is 11.2 Å². The van der Waals surface area contributed by atoms with E-state index in [-0.39, 0.29) is 11.4 Å². The van der Waals surface area contributed by atoms with Gasteiger partial charge in [0.1, 0.15) is 0 Å². The predicted octanol–water partition coefficient (Wildman–Crippen LogP) is 0.218. The number of hydrogen-bond acceptors (Lipinski definition) is 3. The normalized spacial score (nSPS) is 10.0. The Balaban J connectivity index is 3.14. The fourth-order valence-corrected chi connectivity index (χ4v) is 1.47. The lowest BCUT2D eigenvalue weighted by molar-refractivity contribution is 0.390. The Morgan fingerprint density at radius 2 is 2.19 bits per heavy atom. The fraction of sp³-hybridized carbons (Fsp3) is 0.455. The second-order valence-corrected chi connectivity index (χ2v) is 3.37. The van der Waals surface area contributed by atoms with Gasteiger partial charge in [0, 0.05) is 13.0 Å². The van der Waals surface area contributed by atoms with Crippen LogP contribution in [0, 0.1) is 12.3 Å². The molecule has 1 heterocycles. The molecule has 0 saturated heterocycles. The van der Waals surface area contributed by atoms with Crippen LogP contribution in [0.2, 0.25) is 0 Å². The lowest BCUT2D eigenvalue weighted by Gasteiger charge is -2.09. The van der Waals surface area contributed by atoms with E-state index in [1.54, 1.807) is 6.92 Å². The summed E-state index contributed by atoms with van der Waals surface area (Å²) in [6.07, 6.45) is 6.57. The smallest absolute Gasteiger partial charge is 0.331 e. The van der Waals surface area contributed by atoms with Gasteiger partial charge in [-0.2, -0.15) is 0 Å². The molecule has 0 aliphatic rings. The summed E-state index contributed by atoms with van der Waals surface area (Å²) in [7, 11) is 0. The second-order valence-electron chi connectivity index (χ2n) is 3.37. The number of aromatic amines is 1. The minimum Gasteiger partial charge on any atom is -0.494 e. The number of aromatic hydroxyl groups is 1. The van der Waals surface area contributed by atoms with E-state index in [1.807, 2.05) is 0 Å². The molecule has 0 fully saturated rings. The second kappa shape index (κ2) is 5.21. The van der Waals surface area contributed by atoms with Crippen molar-refractivity contribution >= 4 is 0 Å². The van der Waals surface area contributed by atoms with Crippen molar-refractivity contribution in [2.75, 3.05) is 0 Å². The molecule has 0 unspecified atom stereocenters. The topological polar surface area (TPSA) is 75.1 Å². The van der Waals surface area contributed by atoms with Gasteiger partial charge in [-0.05, 0) is 12.8 Å². The average molecular weight is 222 g/mol. The van der Waals surface area contributed by atoms with Gasteiger partial charge < -0.3 is 5.11 Å². The number of aromatic nitrogens is 2. The van der Waals surface area contributed by atoms with Crippen molar-refractivity contribution in [1.29, 1.82) is 0 Å². The van der Waals surface area contributed by atoms with Crippen LogP contribution in [0.15, 0.2) is 9.59 Å². The van der Waals surface area contributed by atoms with Crippen molar-refractivity contribution < 1.29 is 5.11 Å². The summed E-state index contributed by atoms with van der Waals surface area (Å²) in [5.41, 5.74) is -0.907. The van der Waals surface area contributed by atoms with E-state index in [2.05, 4.69) is 10.9 Å². The third-order valence-corrected chi connectivity index (χ3v) is 2.32. The van der Waals surface area contributed by atoms with Crippen LogP contribution < -0.4 is 11.2 Å². The maximum Gasteiger partial charge on any atom is 0.331 e. The first kappa shape index (κ1) is 12.1. The number of H-pyrrole nitrogens is 1. The molecule has 0 aromatic carbocycles. The zero-order valence-corrected chi connectivity index (χ0v) is 9.12. The Morgan fingerprint density at radius 3 is 2.75 bits per heavy atom. The van der Waals surface area contributed by atoms with Gasteiger partial charge in [-0.15, -0.1) is 12.3 Å². The van der Waals surface area contributed by atoms with Gasteiger partial charge in [-0.3, -0.25) is 14.3 Å². The number of unbranched alkanes of at least 4 members (excludes halogenated alkanes) is 1. The van der Waals surface area contributed by atoms with Crippen LogP contribution in [0.1, 0.15) is 25.3 Å². The molecular weight excluding hydrogens is 208 g/mol. The van der Waals surface area contributed by atoms with Gasteiger partial charge in [0.15, 0.2) is 0 Å². The van der Waals surface area contributed by atoms with E-state index in [9.17, 15) is 14.7 Å². The van der Waals surface area contributed by atoms with E-state index >= 15 is 0 Å². The summed E-state index contributed by atoms with van der Waals surface area (Å²) in [5, 5.41) is 9.74. The molecule has 5 nitrogen and oxygen atoms in total. The van der Waals surface area contributed by atoms with E-state index in [4.69, 9.17) is 6.42 Å². The van der Waals surface area contributed by atoms with Crippen molar-refractivity contribution in [2.45, 2.75) is 32.7 Å². The lowest BCUT2D eigenvalue weighted by Crippen LogP contribution is -2.32. The molecule has 0 atom stereocenters. The molecule has 2 N–H and O–H groups in total. The molecule has 0 aliphatic heterocycles. The highest BCUT2D eigenvalue weighted by Gasteiger charge is 2.11. The van der Waals surface area contributed by atoms with Crippen LogP contribution in [0.5, 0.6) is 5.88 Å². The quantitative estimate of drug-likeness (QED) is 0.565. The molecular formula is C11H14N2O3. The van der Waals surface area contributed by atoms with E-state index in [1.165, 1.54) is 0 Å². The highest BCUT2D eigenvalue weighted by atomic mass is 16.3. The lowest BCUT2D eigenvalue weighted by atomic mass is 10.2. The molecule has 0 saturated carbocycles. The molecule has 0 bridgehead atoms. The van der Waals surface area contributed by atoms with Crippen molar-refractivity contribution in [3.8, 4) is 18.2 Å². The Morgan fingerprint density at radius 1 is 1.50 bits per heavy atom. The maximum absolute atomic E-state index is 11.4. The summed E-state index contributed by atoms with van der Waals surface area (Å²) in [6, 6.07) is 0. The number of nitrogens with zero attached hydrogens (tertiary/aromatic N) is 1. The molecule has 0 aliphatic carbocycles. The van der Waals surface area contributed by atoms with Crippen molar-refractivity contribution in [1.82, 2.24) is 9.55 Å². The first-order valence-corrected chi connectivity index (χ1v) is 5.10. The number of hydrogen-bond donors (Lipinski definition) is 2. The van der Waals surface area contributed by atoms with Crippen LogP contribution in [0.25, 0.3) is 0 Å². The Hall–Kier alpha value is -1.96. The molecule has 16 heavy (non-hydrogen) atoms. The van der Waals surface area contributed by atoms with Gasteiger partial charge in [0.2, 0.25) is 5.88 Å². The Kier molecular flexibility index (Phi) is 3.95. The van der Waals surface area contributed by atoms with Crippen molar-refractivity contribution in [3.05, 3.63) is 26.4 Å². The van der Waals surface area contributed by atoms with Crippen LogP contribution >= 0.6 is 0 Å². The van der Waals surface area contributed by atoms with Gasteiger partial charge in [-0.25, -0.2) is 4.79 Å². The summed E-state index contributed by atoms with van der Waals surface area (Å²) in [5.74, 6) is 2.19. The van der Waals surface area contributed by atoms with Crippen LogP contribution in [-0.2, 0) is 13.0 Å². The zero-order valence-electron chi connectivity index (χ0n) is 9.12. The van der Waals surface area contributed by atoms with Crippen LogP contribution in [0.4, 0.5) is 0 Å². The third kappa shape index (κ3) is 2.34. The minimum atomic E-state index is -0.600. The third-order valence-electron chi connectivity index (χ3n) is 2.32. The number of rotatable bonds is 4. The van der Waals surface area contributed by atoms with Gasteiger partial charge >= 0.3 is 5.69 Å². The standard InChI is InChI=1S/C11H14N2O3/c1-3-5-6-7-13-10(15)8(4-2)9(14)12-11(13)16/h1,15H,4-7H2,2H3,(H,12,14,16). The average Bonchev–Trinajstić information content (AvgIpc) is 2.23. The summed E-state index contributed by atoms with van der Waals surface area (Å²) in [6.45, 7) is 2.04. The van der Waals surface area contributed by atoms with E-state index in [0.717, 1.165) is 4.57 Å². The fourth-order valence-electron chi connectivity index (χ4n) is 1.47. The summed E-state index contributed by atoms with van der Waals surface area (Å²) < 4.78 is 1.14. The molecule has 1 rings (SSSR count). The highest BCUT2D eigenvalue weighted by molar-refractivity contribution is 5.22. The first-order valence-electron chi connectivity index (χ1n) is 5.10. The van der Waals surface area contributed by atoms with Gasteiger partial charge in [0.05, 0.1) is 5.56 Å². The SMILES string of the molecule is C#CCCCn1c(O)c(CC)c(=O)[nH]c1=O. The molecule has 0 amide bonds. The minimum absolute atomic E-state index is 0.223. The molecule has 1 aromatic heterocycles. The van der Waals surface area contributed by atoms with Crippen molar-refractivity contribution in [3.63, 3.8) is 0 Å². The van der Waals surface area contributed by atoms with Crippen LogP contribution in [0.3, 0.4) is 0 Å². The largest absolute Gasteiger partial charge is 0.494 e. The molecule has 0 radical (unpaired) electrons.